The van der Waals surface area contributed by atoms with Gasteiger partial charge in [-0.1, -0.05) is 18.2 Å². The van der Waals surface area contributed by atoms with E-state index >= 15 is 0 Å². The van der Waals surface area contributed by atoms with E-state index in [1.807, 2.05) is 42.0 Å². The molecule has 1 aromatic carbocycles. The predicted octanol–water partition coefficient (Wildman–Crippen LogP) is 1.20. The fourth-order valence-electron chi connectivity index (χ4n) is 2.17. The highest BCUT2D eigenvalue weighted by Crippen LogP contribution is 2.09. The average Bonchev–Trinajstić information content (AvgIpc) is 2.92. The minimum atomic E-state index is -0.0540. The van der Waals surface area contributed by atoms with Crippen LogP contribution in [-0.4, -0.2) is 28.0 Å². The monoisotopic (exact) mass is 272 g/mol. The lowest BCUT2D eigenvalue weighted by Gasteiger charge is -2.16. The molecule has 5 nitrogen and oxygen atoms in total. The van der Waals surface area contributed by atoms with Crippen LogP contribution in [0.2, 0.25) is 0 Å². The molecule has 1 amide bonds. The largest absolute Gasteiger partial charge is 0.348 e. The summed E-state index contributed by atoms with van der Waals surface area (Å²) in [5.74, 6) is -0.0540. The minimum absolute atomic E-state index is 0.0302. The summed E-state index contributed by atoms with van der Waals surface area (Å²) in [6.07, 6.45) is 6.06. The molecule has 0 aliphatic carbocycles. The fraction of sp³-hybridized carbons (Fsp3) is 0.333. The van der Waals surface area contributed by atoms with Crippen molar-refractivity contribution < 1.29 is 4.79 Å². The van der Waals surface area contributed by atoms with Crippen molar-refractivity contribution in [2.45, 2.75) is 25.9 Å². The Morgan fingerprint density at radius 1 is 1.45 bits per heavy atom. The number of imidazole rings is 1. The Hall–Kier alpha value is -2.14. The van der Waals surface area contributed by atoms with Crippen LogP contribution in [0.1, 0.15) is 22.8 Å². The predicted molar refractivity (Wildman–Crippen MR) is 78.4 cm³/mol. The SMILES string of the molecule is CC(Cn1ccnc1)NC(=O)c1ccccc1CCN. The molecule has 1 aromatic heterocycles. The second-order valence-electron chi connectivity index (χ2n) is 4.83. The van der Waals surface area contributed by atoms with Crippen LogP contribution in [0.4, 0.5) is 0 Å². The van der Waals surface area contributed by atoms with E-state index in [2.05, 4.69) is 10.3 Å². The van der Waals surface area contributed by atoms with Gasteiger partial charge in [-0.05, 0) is 31.5 Å². The number of nitrogens with zero attached hydrogens (tertiary/aromatic N) is 2. The van der Waals surface area contributed by atoms with Crippen molar-refractivity contribution in [3.05, 3.63) is 54.1 Å². The maximum atomic E-state index is 12.3. The van der Waals surface area contributed by atoms with Crippen LogP contribution >= 0.6 is 0 Å². The Bertz CT molecular complexity index is 551. The summed E-state index contributed by atoms with van der Waals surface area (Å²) in [7, 11) is 0. The molecule has 0 aliphatic rings. The van der Waals surface area contributed by atoms with E-state index in [4.69, 9.17) is 5.73 Å². The lowest BCUT2D eigenvalue weighted by Crippen LogP contribution is -2.36. The second kappa shape index (κ2) is 6.86. The van der Waals surface area contributed by atoms with Crippen molar-refractivity contribution >= 4 is 5.91 Å². The zero-order chi connectivity index (χ0) is 14.4. The third kappa shape index (κ3) is 3.68. The van der Waals surface area contributed by atoms with Gasteiger partial charge in [0.2, 0.25) is 0 Å². The number of amides is 1. The van der Waals surface area contributed by atoms with Gasteiger partial charge in [0.15, 0.2) is 0 Å². The Labute approximate surface area is 118 Å². The number of nitrogens with two attached hydrogens (primary N) is 1. The Kier molecular flexibility index (Phi) is 4.90. The molecule has 0 bridgehead atoms. The zero-order valence-electron chi connectivity index (χ0n) is 11.6. The second-order valence-corrected chi connectivity index (χ2v) is 4.83. The number of nitrogens with one attached hydrogen (secondary N) is 1. The number of aromatic nitrogens is 2. The summed E-state index contributed by atoms with van der Waals surface area (Å²) < 4.78 is 1.94. The number of carbonyl (C=O) groups excluding carboxylic acids is 1. The van der Waals surface area contributed by atoms with Gasteiger partial charge in [-0.3, -0.25) is 4.79 Å². The highest BCUT2D eigenvalue weighted by molar-refractivity contribution is 5.95. The molecule has 20 heavy (non-hydrogen) atoms. The van der Waals surface area contributed by atoms with Gasteiger partial charge in [0.25, 0.3) is 5.91 Å². The van der Waals surface area contributed by atoms with Crippen molar-refractivity contribution in [2.75, 3.05) is 6.54 Å². The van der Waals surface area contributed by atoms with E-state index in [0.29, 0.717) is 25.1 Å². The van der Waals surface area contributed by atoms with Crippen LogP contribution in [-0.2, 0) is 13.0 Å². The summed E-state index contributed by atoms with van der Waals surface area (Å²) in [5, 5.41) is 3.00. The van der Waals surface area contributed by atoms with Crippen LogP contribution in [0.3, 0.4) is 0 Å². The van der Waals surface area contributed by atoms with Crippen molar-refractivity contribution in [1.82, 2.24) is 14.9 Å². The van der Waals surface area contributed by atoms with E-state index in [1.54, 1.807) is 12.5 Å². The van der Waals surface area contributed by atoms with Gasteiger partial charge in [-0.15, -0.1) is 0 Å². The van der Waals surface area contributed by atoms with Crippen LogP contribution in [0.25, 0.3) is 0 Å². The number of hydrogen-bond donors (Lipinski definition) is 2. The lowest BCUT2D eigenvalue weighted by atomic mass is 10.0. The normalized spacial score (nSPS) is 12.1. The molecule has 0 fully saturated rings. The van der Waals surface area contributed by atoms with Crippen molar-refractivity contribution in [1.29, 1.82) is 0 Å². The summed E-state index contributed by atoms with van der Waals surface area (Å²) in [5.41, 5.74) is 7.27. The molecule has 5 heteroatoms. The molecular formula is C15H20N4O. The summed E-state index contributed by atoms with van der Waals surface area (Å²) >= 11 is 0. The first kappa shape index (κ1) is 14.3. The lowest BCUT2D eigenvalue weighted by molar-refractivity contribution is 0.0936. The number of carbonyl (C=O) groups is 1. The first-order chi connectivity index (χ1) is 9.70. The molecule has 1 atom stereocenters. The van der Waals surface area contributed by atoms with E-state index in [0.717, 1.165) is 5.56 Å². The Morgan fingerprint density at radius 2 is 2.25 bits per heavy atom. The van der Waals surface area contributed by atoms with Gasteiger partial charge in [-0.2, -0.15) is 0 Å². The highest BCUT2D eigenvalue weighted by atomic mass is 16.1. The first-order valence-electron chi connectivity index (χ1n) is 6.75. The van der Waals surface area contributed by atoms with Crippen molar-refractivity contribution in [3.63, 3.8) is 0 Å². The Balaban J connectivity index is 2.00. The van der Waals surface area contributed by atoms with Crippen LogP contribution in [0, 0.1) is 0 Å². The molecule has 106 valence electrons. The maximum absolute atomic E-state index is 12.3. The Morgan fingerprint density at radius 3 is 2.95 bits per heavy atom. The molecule has 0 radical (unpaired) electrons. The smallest absolute Gasteiger partial charge is 0.251 e. The molecule has 2 aromatic rings. The van der Waals surface area contributed by atoms with Crippen LogP contribution < -0.4 is 11.1 Å². The maximum Gasteiger partial charge on any atom is 0.251 e. The third-order valence-corrected chi connectivity index (χ3v) is 3.10. The number of hydrogen-bond acceptors (Lipinski definition) is 3. The van der Waals surface area contributed by atoms with Gasteiger partial charge >= 0.3 is 0 Å². The van der Waals surface area contributed by atoms with Gasteiger partial charge < -0.3 is 15.6 Å². The van der Waals surface area contributed by atoms with E-state index in [1.165, 1.54) is 0 Å². The molecule has 0 saturated carbocycles. The fourth-order valence-corrected chi connectivity index (χ4v) is 2.17. The van der Waals surface area contributed by atoms with Crippen LogP contribution in [0.15, 0.2) is 43.0 Å². The van der Waals surface area contributed by atoms with E-state index in [9.17, 15) is 4.79 Å². The van der Waals surface area contributed by atoms with Crippen LogP contribution in [0.5, 0.6) is 0 Å². The molecule has 1 heterocycles. The minimum Gasteiger partial charge on any atom is -0.348 e. The van der Waals surface area contributed by atoms with Gasteiger partial charge in [0, 0.05) is 30.5 Å². The molecule has 0 aliphatic heterocycles. The number of rotatable bonds is 6. The average molecular weight is 272 g/mol. The van der Waals surface area contributed by atoms with Crippen molar-refractivity contribution in [2.24, 2.45) is 5.73 Å². The van der Waals surface area contributed by atoms with Gasteiger partial charge in [0.05, 0.1) is 6.33 Å². The first-order valence-corrected chi connectivity index (χ1v) is 6.75. The molecule has 3 N–H and O–H groups in total. The topological polar surface area (TPSA) is 72.9 Å². The molecule has 0 spiro atoms. The molecular weight excluding hydrogens is 252 g/mol. The number of benzene rings is 1. The standard InChI is InChI=1S/C15H20N4O/c1-12(10-19-9-8-17-11-19)18-15(20)14-5-3-2-4-13(14)6-7-16/h2-5,8-9,11-12H,6-7,10,16H2,1H3,(H,18,20). The summed E-state index contributed by atoms with van der Waals surface area (Å²) in [6, 6.07) is 7.61. The summed E-state index contributed by atoms with van der Waals surface area (Å²) in [4.78, 5) is 16.3. The zero-order valence-corrected chi connectivity index (χ0v) is 11.6. The summed E-state index contributed by atoms with van der Waals surface area (Å²) in [6.45, 7) is 3.21. The highest BCUT2D eigenvalue weighted by Gasteiger charge is 2.13. The van der Waals surface area contributed by atoms with E-state index < -0.39 is 0 Å². The molecule has 2 rings (SSSR count). The quantitative estimate of drug-likeness (QED) is 0.830. The van der Waals surface area contributed by atoms with Gasteiger partial charge in [0.1, 0.15) is 0 Å². The third-order valence-electron chi connectivity index (χ3n) is 3.10. The van der Waals surface area contributed by atoms with Crippen molar-refractivity contribution in [3.8, 4) is 0 Å². The molecule has 0 saturated heterocycles. The molecule has 1 unspecified atom stereocenters. The van der Waals surface area contributed by atoms with E-state index in [-0.39, 0.29) is 11.9 Å². The van der Waals surface area contributed by atoms with Gasteiger partial charge in [-0.25, -0.2) is 4.98 Å².